The van der Waals surface area contributed by atoms with Crippen LogP contribution < -0.4 is 5.32 Å². The molecule has 0 bridgehead atoms. The number of halogens is 1. The number of carbonyl (C=O) groups excluding carboxylic acids is 1. The molecule has 1 atom stereocenters. The van der Waals surface area contributed by atoms with Gasteiger partial charge in [-0.25, -0.2) is 0 Å². The van der Waals surface area contributed by atoms with Crippen LogP contribution in [0.25, 0.3) is 6.08 Å². The zero-order chi connectivity index (χ0) is 14.4. The number of hydrogen-bond acceptors (Lipinski definition) is 4. The number of nitrogens with one attached hydrogen (secondary N) is 1. The van der Waals surface area contributed by atoms with Crippen molar-refractivity contribution in [1.29, 1.82) is 0 Å². The van der Waals surface area contributed by atoms with Crippen molar-refractivity contribution in [2.24, 2.45) is 7.05 Å². The van der Waals surface area contributed by atoms with Crippen LogP contribution in [0.5, 0.6) is 0 Å². The molecule has 0 fully saturated rings. The highest BCUT2D eigenvalue weighted by Crippen LogP contribution is 2.19. The van der Waals surface area contributed by atoms with Crippen molar-refractivity contribution in [2.45, 2.75) is 13.0 Å². The summed E-state index contributed by atoms with van der Waals surface area (Å²) in [5.74, 6) is -0.311. The van der Waals surface area contributed by atoms with E-state index in [9.17, 15) is 9.90 Å². The monoisotopic (exact) mass is 287 g/mol. The Balaban J connectivity index is 2.54. The van der Waals surface area contributed by atoms with Gasteiger partial charge in [0.25, 0.3) is 0 Å². The summed E-state index contributed by atoms with van der Waals surface area (Å²) in [6, 6.07) is 0. The maximum atomic E-state index is 11.5. The number of carbonyl (C=O) groups is 1. The Morgan fingerprint density at radius 2 is 2.37 bits per heavy atom. The molecule has 6 nitrogen and oxygen atoms in total. The van der Waals surface area contributed by atoms with Gasteiger partial charge in [-0.3, -0.25) is 9.48 Å². The first-order valence-corrected chi connectivity index (χ1v) is 6.15. The van der Waals surface area contributed by atoms with Gasteiger partial charge in [0.05, 0.1) is 18.4 Å². The summed E-state index contributed by atoms with van der Waals surface area (Å²) in [6.07, 6.45) is 2.24. The number of rotatable bonds is 6. The zero-order valence-corrected chi connectivity index (χ0v) is 11.9. The van der Waals surface area contributed by atoms with Crippen LogP contribution in [0.15, 0.2) is 6.08 Å². The second-order valence-corrected chi connectivity index (χ2v) is 4.46. The van der Waals surface area contributed by atoms with E-state index in [1.807, 2.05) is 6.92 Å². The highest BCUT2D eigenvalue weighted by atomic mass is 35.5. The van der Waals surface area contributed by atoms with Gasteiger partial charge < -0.3 is 15.2 Å². The van der Waals surface area contributed by atoms with E-state index in [0.717, 1.165) is 5.69 Å². The second kappa shape index (κ2) is 7.28. The molecule has 0 saturated heterocycles. The summed E-state index contributed by atoms with van der Waals surface area (Å²) >= 11 is 6.03. The Kier molecular flexibility index (Phi) is 6.01. The third kappa shape index (κ3) is 4.66. The lowest BCUT2D eigenvalue weighted by atomic mass is 10.2. The number of methoxy groups -OCH3 is 1. The molecule has 1 rings (SSSR count). The van der Waals surface area contributed by atoms with Crippen molar-refractivity contribution < 1.29 is 14.6 Å². The lowest BCUT2D eigenvalue weighted by Crippen LogP contribution is -2.33. The Hall–Kier alpha value is -1.37. The minimum atomic E-state index is -0.717. The molecule has 0 aromatic carbocycles. The van der Waals surface area contributed by atoms with Crippen molar-refractivity contribution in [3.8, 4) is 0 Å². The molecule has 2 N–H and O–H groups in total. The van der Waals surface area contributed by atoms with Crippen molar-refractivity contribution in [3.05, 3.63) is 22.5 Å². The lowest BCUT2D eigenvalue weighted by Gasteiger charge is -2.08. The molecule has 0 aliphatic heterocycles. The fourth-order valence-corrected chi connectivity index (χ4v) is 1.76. The molecule has 1 heterocycles. The molecule has 0 aliphatic carbocycles. The summed E-state index contributed by atoms with van der Waals surface area (Å²) in [7, 11) is 3.21. The predicted octanol–water partition coefficient (Wildman–Crippen LogP) is 0.519. The molecule has 1 unspecified atom stereocenters. The van der Waals surface area contributed by atoms with Gasteiger partial charge >= 0.3 is 0 Å². The third-order valence-corrected chi connectivity index (χ3v) is 2.92. The van der Waals surface area contributed by atoms with E-state index in [4.69, 9.17) is 16.3 Å². The van der Waals surface area contributed by atoms with Crippen LogP contribution in [-0.4, -0.2) is 47.2 Å². The Labute approximate surface area is 117 Å². The molecule has 7 heteroatoms. The summed E-state index contributed by atoms with van der Waals surface area (Å²) in [5.41, 5.74) is 1.45. The minimum absolute atomic E-state index is 0.136. The summed E-state index contributed by atoms with van der Waals surface area (Å²) < 4.78 is 6.29. The average molecular weight is 288 g/mol. The number of aliphatic hydroxyl groups is 1. The van der Waals surface area contributed by atoms with E-state index < -0.39 is 6.10 Å². The number of nitrogens with zero attached hydrogens (tertiary/aromatic N) is 2. The largest absolute Gasteiger partial charge is 0.389 e. The standard InChI is InChI=1S/C12H18ClN3O3/c1-8-10(12(13)16(2)15-8)4-5-11(18)14-6-9(17)7-19-3/h4-5,9,17H,6-7H2,1-3H3,(H,14,18). The molecule has 19 heavy (non-hydrogen) atoms. The van der Waals surface area contributed by atoms with Gasteiger partial charge in [-0.1, -0.05) is 11.6 Å². The fraction of sp³-hybridized carbons (Fsp3) is 0.500. The molecular weight excluding hydrogens is 270 g/mol. The molecule has 0 aliphatic rings. The number of aryl methyl sites for hydroxylation is 2. The van der Waals surface area contributed by atoms with E-state index in [-0.39, 0.29) is 19.1 Å². The quantitative estimate of drug-likeness (QED) is 0.748. The van der Waals surface area contributed by atoms with Gasteiger partial charge in [0.1, 0.15) is 5.15 Å². The van der Waals surface area contributed by atoms with Gasteiger partial charge in [-0.05, 0) is 13.0 Å². The molecule has 0 radical (unpaired) electrons. The topological polar surface area (TPSA) is 76.4 Å². The normalized spacial score (nSPS) is 12.9. The van der Waals surface area contributed by atoms with Gasteiger partial charge in [0, 0.05) is 32.3 Å². The van der Waals surface area contributed by atoms with E-state index in [1.54, 1.807) is 13.1 Å². The zero-order valence-electron chi connectivity index (χ0n) is 11.2. The Bertz CT molecular complexity index is 471. The maximum Gasteiger partial charge on any atom is 0.244 e. The van der Waals surface area contributed by atoms with E-state index in [1.165, 1.54) is 17.9 Å². The van der Waals surface area contributed by atoms with Crippen LogP contribution in [-0.2, 0) is 16.6 Å². The first-order chi connectivity index (χ1) is 8.95. The number of aromatic nitrogens is 2. The van der Waals surface area contributed by atoms with Crippen LogP contribution in [0, 0.1) is 6.92 Å². The summed E-state index contributed by atoms with van der Waals surface area (Å²) in [5, 5.41) is 16.5. The molecular formula is C12H18ClN3O3. The number of hydrogen-bond donors (Lipinski definition) is 2. The molecule has 106 valence electrons. The van der Waals surface area contributed by atoms with Gasteiger partial charge in [0.15, 0.2) is 0 Å². The lowest BCUT2D eigenvalue weighted by molar-refractivity contribution is -0.117. The molecule has 0 spiro atoms. The highest BCUT2D eigenvalue weighted by molar-refractivity contribution is 6.31. The van der Waals surface area contributed by atoms with Crippen LogP contribution >= 0.6 is 11.6 Å². The van der Waals surface area contributed by atoms with E-state index >= 15 is 0 Å². The van der Waals surface area contributed by atoms with Crippen LogP contribution in [0.1, 0.15) is 11.3 Å². The smallest absolute Gasteiger partial charge is 0.244 e. The Morgan fingerprint density at radius 1 is 1.68 bits per heavy atom. The summed E-state index contributed by atoms with van der Waals surface area (Å²) in [6.45, 7) is 2.13. The first kappa shape index (κ1) is 15.7. The molecule has 1 amide bonds. The molecule has 1 aromatic heterocycles. The molecule has 0 saturated carbocycles. The minimum Gasteiger partial charge on any atom is -0.389 e. The number of aliphatic hydroxyl groups excluding tert-OH is 1. The van der Waals surface area contributed by atoms with Crippen molar-refractivity contribution >= 4 is 23.6 Å². The van der Waals surface area contributed by atoms with Gasteiger partial charge in [-0.2, -0.15) is 5.10 Å². The van der Waals surface area contributed by atoms with Crippen LogP contribution in [0.2, 0.25) is 5.15 Å². The average Bonchev–Trinajstić information content (AvgIpc) is 2.59. The first-order valence-electron chi connectivity index (χ1n) is 5.77. The van der Waals surface area contributed by atoms with Crippen LogP contribution in [0.3, 0.4) is 0 Å². The number of ether oxygens (including phenoxy) is 1. The predicted molar refractivity (Wildman–Crippen MR) is 72.9 cm³/mol. The highest BCUT2D eigenvalue weighted by Gasteiger charge is 2.09. The van der Waals surface area contributed by atoms with Crippen molar-refractivity contribution in [2.75, 3.05) is 20.3 Å². The third-order valence-electron chi connectivity index (χ3n) is 2.47. The van der Waals surface area contributed by atoms with Gasteiger partial charge in [0.2, 0.25) is 5.91 Å². The van der Waals surface area contributed by atoms with E-state index in [0.29, 0.717) is 10.7 Å². The fourth-order valence-electron chi connectivity index (χ4n) is 1.52. The van der Waals surface area contributed by atoms with E-state index in [2.05, 4.69) is 10.4 Å². The molecule has 1 aromatic rings. The van der Waals surface area contributed by atoms with Crippen LogP contribution in [0.4, 0.5) is 0 Å². The maximum absolute atomic E-state index is 11.5. The SMILES string of the molecule is COCC(O)CNC(=O)C=Cc1c(C)nn(C)c1Cl. The Morgan fingerprint density at radius 3 is 2.89 bits per heavy atom. The van der Waals surface area contributed by atoms with Crippen molar-refractivity contribution in [1.82, 2.24) is 15.1 Å². The number of amides is 1. The van der Waals surface area contributed by atoms with Gasteiger partial charge in [-0.15, -0.1) is 0 Å². The van der Waals surface area contributed by atoms with Crippen molar-refractivity contribution in [3.63, 3.8) is 0 Å². The second-order valence-electron chi connectivity index (χ2n) is 4.10. The summed E-state index contributed by atoms with van der Waals surface area (Å²) in [4.78, 5) is 11.5.